The second-order valence-electron chi connectivity index (χ2n) is 13.1. The summed E-state index contributed by atoms with van der Waals surface area (Å²) < 4.78 is 35.9. The smallest absolute Gasteiger partial charge is 0.339 e. The van der Waals surface area contributed by atoms with Gasteiger partial charge >= 0.3 is 17.9 Å². The van der Waals surface area contributed by atoms with Crippen LogP contribution >= 0.6 is 58.0 Å². The van der Waals surface area contributed by atoms with Crippen LogP contribution in [0.2, 0.25) is 0 Å². The number of para-hydroxylation sites is 1. The van der Waals surface area contributed by atoms with Crippen molar-refractivity contribution >= 4 is 107 Å². The van der Waals surface area contributed by atoms with Crippen LogP contribution in [0.15, 0.2) is 184 Å². The quantitative estimate of drug-likeness (QED) is 0.103. The van der Waals surface area contributed by atoms with E-state index in [1.165, 1.54) is 72.0 Å². The lowest BCUT2D eigenvalue weighted by atomic mass is 10.2. The third-order valence-electron chi connectivity index (χ3n) is 9.19. The van der Waals surface area contributed by atoms with Gasteiger partial charge in [0, 0.05) is 60.8 Å². The number of fused-ring (bicyclic) bond motifs is 3. The van der Waals surface area contributed by atoms with E-state index in [4.69, 9.17) is 18.6 Å². The van der Waals surface area contributed by atoms with Crippen LogP contribution in [0.3, 0.4) is 0 Å². The second-order valence-corrected chi connectivity index (χ2v) is 18.1. The number of carbonyl (C=O) groups is 3. The molecule has 0 spiro atoms. The lowest BCUT2D eigenvalue weighted by Gasteiger charge is -2.06. The maximum Gasteiger partial charge on any atom is 0.339 e. The van der Waals surface area contributed by atoms with Gasteiger partial charge in [0.05, 0.1) is 42.9 Å². The van der Waals surface area contributed by atoms with Crippen LogP contribution in [0, 0.1) is 12.7 Å². The summed E-state index contributed by atoms with van der Waals surface area (Å²) in [7, 11) is 4.16. The molecule has 0 aliphatic heterocycles. The van der Waals surface area contributed by atoms with E-state index in [1.807, 2.05) is 97.2 Å². The molecule has 0 amide bonds. The van der Waals surface area contributed by atoms with E-state index in [-0.39, 0.29) is 23.7 Å². The first-order chi connectivity index (χ1) is 30.2. The van der Waals surface area contributed by atoms with Crippen molar-refractivity contribution in [1.82, 2.24) is 0 Å². The predicted molar refractivity (Wildman–Crippen MR) is 250 cm³/mol. The third-order valence-corrected chi connectivity index (χ3v) is 15.0. The number of rotatable bonds is 9. The first-order valence-electron chi connectivity index (χ1n) is 18.9. The third kappa shape index (κ3) is 10.3. The zero-order chi connectivity index (χ0) is 43.6. The summed E-state index contributed by atoms with van der Waals surface area (Å²) in [5, 5.41) is 7.25. The molecule has 312 valence electrons. The van der Waals surface area contributed by atoms with E-state index in [0.717, 1.165) is 51.3 Å². The molecule has 6 aromatic carbocycles. The molecule has 0 fully saturated rings. The molecule has 0 saturated heterocycles. The van der Waals surface area contributed by atoms with Crippen molar-refractivity contribution < 1.29 is 37.4 Å². The minimum atomic E-state index is -0.371. The molecule has 0 N–H and O–H groups in total. The van der Waals surface area contributed by atoms with Crippen molar-refractivity contribution in [3.05, 3.63) is 179 Å². The number of halogens is 1. The van der Waals surface area contributed by atoms with Crippen LogP contribution in [0.1, 0.15) is 36.8 Å². The fraction of sp³-hybridized carbons (Fsp3) is 0.0816. The molecule has 0 saturated carbocycles. The van der Waals surface area contributed by atoms with Gasteiger partial charge in [-0.25, -0.2) is 18.8 Å². The summed E-state index contributed by atoms with van der Waals surface area (Å²) in [6, 6.07) is 43.1. The van der Waals surface area contributed by atoms with Crippen LogP contribution < -0.4 is 0 Å². The molecule has 7 nitrogen and oxygen atoms in total. The van der Waals surface area contributed by atoms with Gasteiger partial charge in [-0.1, -0.05) is 102 Å². The van der Waals surface area contributed by atoms with Gasteiger partial charge in [0.15, 0.2) is 0 Å². The van der Waals surface area contributed by atoms with E-state index in [0.29, 0.717) is 16.7 Å². The molecule has 0 bridgehead atoms. The maximum absolute atomic E-state index is 13.4. The molecule has 3 heterocycles. The zero-order valence-corrected chi connectivity index (χ0v) is 37.8. The molecule has 62 heavy (non-hydrogen) atoms. The maximum atomic E-state index is 13.4. The standard InChI is InChI=1S/C17H14O3S.C16H11FO2S2.C16H12O2S2/c1-11-16(12-7-3-5-9-14(12)20-11)21-15-10-6-4-8-13(15)17(18)19-2;1-19-16(18)11-4-2-3-5-14(11)21-15-9-20-13-7-6-10(17)8-12(13)15;1-18-16(17)12-7-3-5-9-14(12)20-15-10-19-13-8-4-2-6-11(13)15/h3-10H,1-2H3;2-9H,1H3;2-10H,1H3. The minimum absolute atomic E-state index is 0.260. The Hall–Kier alpha value is -5.83. The first kappa shape index (κ1) is 44.2. The largest absolute Gasteiger partial charge is 0.465 e. The fourth-order valence-electron chi connectivity index (χ4n) is 6.21. The average molecular weight is 917 g/mol. The summed E-state index contributed by atoms with van der Waals surface area (Å²) in [5.41, 5.74) is 2.54. The number of carbonyl (C=O) groups excluding carboxylic acids is 3. The van der Waals surface area contributed by atoms with Gasteiger partial charge < -0.3 is 18.6 Å². The number of thiophene rings is 2. The lowest BCUT2D eigenvalue weighted by Crippen LogP contribution is -2.02. The van der Waals surface area contributed by atoms with Gasteiger partial charge in [-0.2, -0.15) is 0 Å². The molecule has 0 aliphatic carbocycles. The number of hydrogen-bond donors (Lipinski definition) is 0. The Bertz CT molecular complexity index is 3020. The predicted octanol–water partition coefficient (Wildman–Crippen LogP) is 14.5. The van der Waals surface area contributed by atoms with E-state index >= 15 is 0 Å². The Balaban J connectivity index is 0.000000140. The Labute approximate surface area is 378 Å². The van der Waals surface area contributed by atoms with Gasteiger partial charge in [0.1, 0.15) is 17.2 Å². The average Bonchev–Trinajstić information content (AvgIpc) is 4.00. The monoisotopic (exact) mass is 916 g/mol. The molecule has 0 atom stereocenters. The summed E-state index contributed by atoms with van der Waals surface area (Å²) in [6.07, 6.45) is 0. The highest BCUT2D eigenvalue weighted by Crippen LogP contribution is 2.41. The van der Waals surface area contributed by atoms with Crippen molar-refractivity contribution in [3.8, 4) is 0 Å². The molecule has 13 heteroatoms. The van der Waals surface area contributed by atoms with Gasteiger partial charge in [-0.15, -0.1) is 22.7 Å². The second kappa shape index (κ2) is 20.8. The number of aryl methyl sites for hydroxylation is 1. The molecule has 9 aromatic rings. The lowest BCUT2D eigenvalue weighted by molar-refractivity contribution is 0.0588. The van der Waals surface area contributed by atoms with Crippen molar-refractivity contribution in [3.63, 3.8) is 0 Å². The van der Waals surface area contributed by atoms with Gasteiger partial charge in [0.25, 0.3) is 0 Å². The van der Waals surface area contributed by atoms with E-state index in [2.05, 4.69) is 17.5 Å². The molecule has 0 unspecified atom stereocenters. The molecule has 0 radical (unpaired) electrons. The Kier molecular flexibility index (Phi) is 14.9. The highest BCUT2D eigenvalue weighted by Gasteiger charge is 2.18. The number of furan rings is 1. The normalized spacial score (nSPS) is 10.7. The van der Waals surface area contributed by atoms with E-state index in [1.54, 1.807) is 64.8 Å². The van der Waals surface area contributed by atoms with Crippen LogP contribution in [0.5, 0.6) is 0 Å². The van der Waals surface area contributed by atoms with Crippen molar-refractivity contribution in [1.29, 1.82) is 0 Å². The Morgan fingerprint density at radius 1 is 0.500 bits per heavy atom. The summed E-state index contributed by atoms with van der Waals surface area (Å²) in [6.45, 7) is 1.93. The van der Waals surface area contributed by atoms with Crippen LogP contribution in [-0.2, 0) is 14.2 Å². The van der Waals surface area contributed by atoms with Crippen LogP contribution in [0.4, 0.5) is 4.39 Å². The Morgan fingerprint density at radius 2 is 0.935 bits per heavy atom. The number of esters is 3. The highest BCUT2D eigenvalue weighted by molar-refractivity contribution is 8.00. The molecule has 3 aromatic heterocycles. The summed E-state index contributed by atoms with van der Waals surface area (Å²) in [4.78, 5) is 41.1. The van der Waals surface area contributed by atoms with Crippen molar-refractivity contribution in [2.75, 3.05) is 21.3 Å². The highest BCUT2D eigenvalue weighted by atomic mass is 32.2. The fourth-order valence-corrected chi connectivity index (χ4v) is 11.6. The Morgan fingerprint density at radius 3 is 1.48 bits per heavy atom. The topological polar surface area (TPSA) is 92.0 Å². The van der Waals surface area contributed by atoms with Crippen molar-refractivity contribution in [2.24, 2.45) is 0 Å². The number of ether oxygens (including phenoxy) is 3. The zero-order valence-electron chi connectivity index (χ0n) is 33.7. The number of benzene rings is 6. The van der Waals surface area contributed by atoms with Gasteiger partial charge in [0.2, 0.25) is 0 Å². The molecule has 0 aliphatic rings. The van der Waals surface area contributed by atoms with E-state index < -0.39 is 0 Å². The number of hydrogen-bond acceptors (Lipinski definition) is 12. The molecular weight excluding hydrogens is 880 g/mol. The van der Waals surface area contributed by atoms with Gasteiger partial charge in [-0.05, 0) is 79.7 Å². The SMILES string of the molecule is COC(=O)c1ccccc1Sc1c(C)oc2ccccc12.COC(=O)c1ccccc1Sc1csc2ccc(F)cc12.COC(=O)c1ccccc1Sc1csc2ccccc12. The van der Waals surface area contributed by atoms with E-state index in [9.17, 15) is 18.8 Å². The molecular formula is C49H37FO7S5. The number of methoxy groups -OCH3 is 3. The van der Waals surface area contributed by atoms with Crippen LogP contribution in [-0.4, -0.2) is 39.2 Å². The van der Waals surface area contributed by atoms with Crippen LogP contribution in [0.25, 0.3) is 31.1 Å². The summed E-state index contributed by atoms with van der Waals surface area (Å²) >= 11 is 7.85. The van der Waals surface area contributed by atoms with Crippen molar-refractivity contribution in [2.45, 2.75) is 36.3 Å². The minimum Gasteiger partial charge on any atom is -0.465 e. The molecule has 9 rings (SSSR count). The summed E-state index contributed by atoms with van der Waals surface area (Å²) in [5.74, 6) is -0.412. The first-order valence-corrected chi connectivity index (χ1v) is 23.1. The van der Waals surface area contributed by atoms with Gasteiger partial charge in [-0.3, -0.25) is 0 Å².